The van der Waals surface area contributed by atoms with Crippen LogP contribution in [0.5, 0.6) is 11.5 Å². The van der Waals surface area contributed by atoms with Crippen LogP contribution < -0.4 is 19.5 Å². The zero-order valence-corrected chi connectivity index (χ0v) is 19.2. The zero-order chi connectivity index (χ0) is 22.6. The van der Waals surface area contributed by atoms with Crippen molar-refractivity contribution < 1.29 is 22.7 Å². The molecule has 0 fully saturated rings. The Morgan fingerprint density at radius 1 is 1.06 bits per heavy atom. The normalized spacial score (nSPS) is 14.0. The van der Waals surface area contributed by atoms with Crippen LogP contribution in [-0.4, -0.2) is 34.1 Å². The third-order valence-electron chi connectivity index (χ3n) is 5.08. The minimum absolute atomic E-state index is 0.125. The Morgan fingerprint density at radius 2 is 1.81 bits per heavy atom. The van der Waals surface area contributed by atoms with Crippen LogP contribution in [-0.2, 0) is 16.4 Å². The predicted octanol–water partition coefficient (Wildman–Crippen LogP) is 3.53. The monoisotopic (exact) mass is 472 g/mol. The minimum Gasteiger partial charge on any atom is -0.486 e. The number of fused-ring (bicyclic) bond motifs is 1. The molecule has 2 aromatic carbocycles. The summed E-state index contributed by atoms with van der Waals surface area (Å²) in [5.74, 6) is 1.07. The van der Waals surface area contributed by atoms with E-state index in [2.05, 4.69) is 10.0 Å². The van der Waals surface area contributed by atoms with Crippen LogP contribution in [0.1, 0.15) is 33.8 Å². The molecule has 9 heteroatoms. The second-order valence-corrected chi connectivity index (χ2v) is 10.1. The van der Waals surface area contributed by atoms with Crippen molar-refractivity contribution >= 4 is 27.3 Å². The number of carbonyl (C=O) groups is 1. The number of hydrogen-bond acceptors (Lipinski definition) is 6. The maximum Gasteiger partial charge on any atom is 0.251 e. The average molecular weight is 473 g/mol. The smallest absolute Gasteiger partial charge is 0.251 e. The lowest BCUT2D eigenvalue weighted by atomic mass is 10.1. The molecule has 1 amide bonds. The number of rotatable bonds is 8. The maximum absolute atomic E-state index is 12.7. The topological polar surface area (TPSA) is 93.7 Å². The molecule has 0 bridgehead atoms. The Labute approximate surface area is 191 Å². The number of nitrogens with one attached hydrogen (secondary N) is 2. The molecule has 1 aromatic heterocycles. The third kappa shape index (κ3) is 5.29. The second kappa shape index (κ2) is 9.72. The Bertz CT molecular complexity index is 1180. The van der Waals surface area contributed by atoms with Crippen molar-refractivity contribution in [3.8, 4) is 11.5 Å². The molecule has 0 saturated heterocycles. The van der Waals surface area contributed by atoms with Gasteiger partial charge in [0, 0.05) is 17.0 Å². The van der Waals surface area contributed by atoms with Gasteiger partial charge in [0.05, 0.1) is 10.9 Å². The minimum atomic E-state index is -3.63. The molecule has 0 spiro atoms. The van der Waals surface area contributed by atoms with Gasteiger partial charge >= 0.3 is 0 Å². The van der Waals surface area contributed by atoms with Crippen LogP contribution in [0.3, 0.4) is 0 Å². The van der Waals surface area contributed by atoms with Crippen molar-refractivity contribution in [3.05, 3.63) is 76.0 Å². The Morgan fingerprint density at radius 3 is 2.53 bits per heavy atom. The molecule has 1 atom stereocenters. The van der Waals surface area contributed by atoms with E-state index in [0.717, 1.165) is 10.4 Å². The molecule has 7 nitrogen and oxygen atoms in total. The van der Waals surface area contributed by atoms with Crippen LogP contribution >= 0.6 is 11.3 Å². The first-order chi connectivity index (χ1) is 15.4. The zero-order valence-electron chi connectivity index (χ0n) is 17.5. The van der Waals surface area contributed by atoms with Gasteiger partial charge in [0.2, 0.25) is 10.0 Å². The molecule has 0 saturated carbocycles. The fourth-order valence-corrected chi connectivity index (χ4v) is 5.07. The van der Waals surface area contributed by atoms with E-state index in [1.807, 2.05) is 42.6 Å². The SMILES string of the molecule is CC(NC(=O)c1ccc(S(=O)(=O)NCCc2cccs2)cc1)c1ccc2c(c1)OCCO2. The summed E-state index contributed by atoms with van der Waals surface area (Å²) in [6.07, 6.45) is 0.634. The maximum atomic E-state index is 12.7. The molecule has 2 N–H and O–H groups in total. The molecule has 3 aromatic rings. The van der Waals surface area contributed by atoms with E-state index in [4.69, 9.17) is 9.47 Å². The molecule has 32 heavy (non-hydrogen) atoms. The summed E-state index contributed by atoms with van der Waals surface area (Å²) in [5.41, 5.74) is 1.27. The van der Waals surface area contributed by atoms with Crippen molar-refractivity contribution in [1.29, 1.82) is 0 Å². The quantitative estimate of drug-likeness (QED) is 0.523. The van der Waals surface area contributed by atoms with E-state index in [1.54, 1.807) is 11.3 Å². The average Bonchev–Trinajstić information content (AvgIpc) is 3.32. The van der Waals surface area contributed by atoms with Crippen molar-refractivity contribution in [3.63, 3.8) is 0 Å². The lowest BCUT2D eigenvalue weighted by Crippen LogP contribution is -2.27. The summed E-state index contributed by atoms with van der Waals surface area (Å²) in [6, 6.07) is 15.1. The van der Waals surface area contributed by atoms with Gasteiger partial charge in [-0.05, 0) is 66.8 Å². The molecular formula is C23H24N2O5S2. The summed E-state index contributed by atoms with van der Waals surface area (Å²) in [4.78, 5) is 13.9. The molecule has 0 radical (unpaired) electrons. The standard InChI is InChI=1S/C23H24N2O5S2/c1-16(18-6-9-21-22(15-18)30-13-12-29-21)25-23(26)17-4-7-20(8-5-17)32(27,28)24-11-10-19-3-2-14-31-19/h2-9,14-16,24H,10-13H2,1H3,(H,25,26). The van der Waals surface area contributed by atoms with Gasteiger partial charge in [-0.25, -0.2) is 13.1 Å². The van der Waals surface area contributed by atoms with E-state index >= 15 is 0 Å². The molecule has 1 unspecified atom stereocenters. The fourth-order valence-electron chi connectivity index (χ4n) is 3.32. The summed E-state index contributed by atoms with van der Waals surface area (Å²) >= 11 is 1.59. The molecule has 0 aliphatic carbocycles. The number of hydrogen-bond donors (Lipinski definition) is 2. The van der Waals surface area contributed by atoms with Crippen molar-refractivity contribution in [2.24, 2.45) is 0 Å². The van der Waals surface area contributed by atoms with Crippen molar-refractivity contribution in [2.75, 3.05) is 19.8 Å². The number of ether oxygens (including phenoxy) is 2. The van der Waals surface area contributed by atoms with Gasteiger partial charge < -0.3 is 14.8 Å². The summed E-state index contributed by atoms with van der Waals surface area (Å²) in [6.45, 7) is 3.21. The van der Waals surface area contributed by atoms with Crippen molar-refractivity contribution in [2.45, 2.75) is 24.3 Å². The van der Waals surface area contributed by atoms with E-state index in [0.29, 0.717) is 43.2 Å². The van der Waals surface area contributed by atoms with Crippen LogP contribution in [0.2, 0.25) is 0 Å². The largest absolute Gasteiger partial charge is 0.486 e. The highest BCUT2D eigenvalue weighted by Crippen LogP contribution is 2.32. The lowest BCUT2D eigenvalue weighted by Gasteiger charge is -2.21. The lowest BCUT2D eigenvalue weighted by molar-refractivity contribution is 0.0939. The number of sulfonamides is 1. The number of carbonyl (C=O) groups excluding carboxylic acids is 1. The molecule has 168 valence electrons. The Hall–Kier alpha value is -2.88. The van der Waals surface area contributed by atoms with Gasteiger partial charge in [0.15, 0.2) is 11.5 Å². The Balaban J connectivity index is 1.36. The number of benzene rings is 2. The van der Waals surface area contributed by atoms with Crippen molar-refractivity contribution in [1.82, 2.24) is 10.0 Å². The summed E-state index contributed by atoms with van der Waals surface area (Å²) in [7, 11) is -3.63. The third-order valence-corrected chi connectivity index (χ3v) is 7.50. The van der Waals surface area contributed by atoms with Crippen LogP contribution in [0.25, 0.3) is 0 Å². The number of amides is 1. The number of thiophene rings is 1. The van der Waals surface area contributed by atoms with E-state index in [9.17, 15) is 13.2 Å². The highest BCUT2D eigenvalue weighted by atomic mass is 32.2. The first-order valence-corrected chi connectivity index (χ1v) is 12.6. The fraction of sp³-hybridized carbons (Fsp3) is 0.261. The first kappa shape index (κ1) is 22.3. The molecular weight excluding hydrogens is 448 g/mol. The second-order valence-electron chi connectivity index (χ2n) is 7.35. The molecule has 1 aliphatic rings. The van der Waals surface area contributed by atoms with Crippen LogP contribution in [0, 0.1) is 0 Å². The highest BCUT2D eigenvalue weighted by molar-refractivity contribution is 7.89. The first-order valence-electron chi connectivity index (χ1n) is 10.2. The molecule has 4 rings (SSSR count). The van der Waals surface area contributed by atoms with E-state index < -0.39 is 10.0 Å². The Kier molecular flexibility index (Phi) is 6.78. The van der Waals surface area contributed by atoms with Gasteiger partial charge in [-0.3, -0.25) is 4.79 Å². The van der Waals surface area contributed by atoms with Gasteiger partial charge in [0.1, 0.15) is 13.2 Å². The van der Waals surface area contributed by atoms with E-state index in [1.165, 1.54) is 24.3 Å². The van der Waals surface area contributed by atoms with Gasteiger partial charge in [0.25, 0.3) is 5.91 Å². The summed E-state index contributed by atoms with van der Waals surface area (Å²) in [5, 5.41) is 4.89. The highest BCUT2D eigenvalue weighted by Gasteiger charge is 2.18. The van der Waals surface area contributed by atoms with Gasteiger partial charge in [-0.15, -0.1) is 11.3 Å². The van der Waals surface area contributed by atoms with Crippen LogP contribution in [0.15, 0.2) is 64.9 Å². The predicted molar refractivity (Wildman–Crippen MR) is 123 cm³/mol. The molecule has 2 heterocycles. The molecule has 1 aliphatic heterocycles. The summed E-state index contributed by atoms with van der Waals surface area (Å²) < 4.78 is 38.7. The van der Waals surface area contributed by atoms with Crippen LogP contribution in [0.4, 0.5) is 0 Å². The van der Waals surface area contributed by atoms with Gasteiger partial charge in [-0.1, -0.05) is 12.1 Å². The van der Waals surface area contributed by atoms with E-state index in [-0.39, 0.29) is 16.8 Å². The van der Waals surface area contributed by atoms with Gasteiger partial charge in [-0.2, -0.15) is 0 Å².